The van der Waals surface area contributed by atoms with Crippen LogP contribution in [0.25, 0.3) is 5.57 Å². The fourth-order valence-corrected chi connectivity index (χ4v) is 5.71. The molecule has 0 spiro atoms. The van der Waals surface area contributed by atoms with E-state index in [1.54, 1.807) is 6.07 Å². The quantitative estimate of drug-likeness (QED) is 0.544. The Kier molecular flexibility index (Phi) is 5.56. The Morgan fingerprint density at radius 3 is 2.17 bits per heavy atom. The zero-order valence-electron chi connectivity index (χ0n) is 18.8. The summed E-state index contributed by atoms with van der Waals surface area (Å²) in [6, 6.07) is 1.77. The molecule has 6 heteroatoms. The van der Waals surface area contributed by atoms with Crippen LogP contribution in [0.15, 0.2) is 12.1 Å². The minimum Gasteiger partial charge on any atom is -0.469 e. The van der Waals surface area contributed by atoms with Crippen molar-refractivity contribution in [1.29, 1.82) is 0 Å². The standard InChI is InChI=1S/C24H30O6/c1-13-11-17-23(3,9-8-10-24(17,4)22(27)30-7)16-12-15(20(25)28-5)19(21(26)29-6)14(2)18(13)16/h11-12,17H,8-10H2,1-7H3/t17?,23-,24+/m1/s1. The number of carbonyl (C=O) groups is 3. The Balaban J connectivity index is 2.35. The van der Waals surface area contributed by atoms with Crippen LogP contribution in [0.5, 0.6) is 0 Å². The molecule has 0 aromatic heterocycles. The van der Waals surface area contributed by atoms with Crippen LogP contribution < -0.4 is 0 Å². The minimum atomic E-state index is -0.666. The van der Waals surface area contributed by atoms with Crippen molar-refractivity contribution in [3.63, 3.8) is 0 Å². The van der Waals surface area contributed by atoms with Gasteiger partial charge in [0.2, 0.25) is 0 Å². The van der Waals surface area contributed by atoms with E-state index in [-0.39, 0.29) is 23.0 Å². The summed E-state index contributed by atoms with van der Waals surface area (Å²) in [6.07, 6.45) is 4.60. The number of esters is 3. The highest BCUT2D eigenvalue weighted by atomic mass is 16.5. The number of allylic oxidation sites excluding steroid dienone is 2. The van der Waals surface area contributed by atoms with Crippen LogP contribution in [0, 0.1) is 18.3 Å². The van der Waals surface area contributed by atoms with Gasteiger partial charge in [-0.2, -0.15) is 0 Å². The van der Waals surface area contributed by atoms with Crippen LogP contribution in [-0.4, -0.2) is 39.2 Å². The van der Waals surface area contributed by atoms with E-state index in [1.807, 2.05) is 20.8 Å². The first-order chi connectivity index (χ1) is 14.1. The minimum absolute atomic E-state index is 0.0902. The largest absolute Gasteiger partial charge is 0.469 e. The normalized spacial score (nSPS) is 27.3. The molecular formula is C24H30O6. The third kappa shape index (κ3) is 2.96. The van der Waals surface area contributed by atoms with Crippen LogP contribution in [0.3, 0.4) is 0 Å². The third-order valence-corrected chi connectivity index (χ3v) is 7.22. The molecule has 2 aliphatic carbocycles. The number of hydrogen-bond acceptors (Lipinski definition) is 6. The molecule has 0 aliphatic heterocycles. The van der Waals surface area contributed by atoms with Crippen molar-refractivity contribution in [2.45, 2.75) is 52.4 Å². The highest BCUT2D eigenvalue weighted by molar-refractivity contribution is 6.05. The molecule has 1 aromatic carbocycles. The van der Waals surface area contributed by atoms with Crippen molar-refractivity contribution in [2.24, 2.45) is 11.3 Å². The van der Waals surface area contributed by atoms with Crippen molar-refractivity contribution in [2.75, 3.05) is 21.3 Å². The van der Waals surface area contributed by atoms with Crippen LogP contribution in [-0.2, 0) is 24.4 Å². The van der Waals surface area contributed by atoms with E-state index in [1.165, 1.54) is 21.3 Å². The van der Waals surface area contributed by atoms with Gasteiger partial charge in [-0.3, -0.25) is 4.79 Å². The van der Waals surface area contributed by atoms with Gasteiger partial charge in [-0.1, -0.05) is 19.4 Å². The number of fused-ring (bicyclic) bond motifs is 3. The molecule has 1 saturated carbocycles. The third-order valence-electron chi connectivity index (χ3n) is 7.22. The molecule has 0 N–H and O–H groups in total. The second kappa shape index (κ2) is 7.56. The van der Waals surface area contributed by atoms with Crippen molar-refractivity contribution < 1.29 is 28.6 Å². The molecule has 0 bridgehead atoms. The lowest BCUT2D eigenvalue weighted by Crippen LogP contribution is -2.51. The lowest BCUT2D eigenvalue weighted by atomic mass is 9.50. The van der Waals surface area contributed by atoms with Gasteiger partial charge in [0.25, 0.3) is 0 Å². The van der Waals surface area contributed by atoms with E-state index >= 15 is 0 Å². The molecule has 3 rings (SSSR count). The van der Waals surface area contributed by atoms with Crippen LogP contribution in [0.1, 0.15) is 77.4 Å². The van der Waals surface area contributed by atoms with E-state index in [9.17, 15) is 14.4 Å². The van der Waals surface area contributed by atoms with E-state index in [2.05, 4.69) is 13.0 Å². The fraction of sp³-hybridized carbons (Fsp3) is 0.542. The maximum Gasteiger partial charge on any atom is 0.339 e. The number of rotatable bonds is 3. The zero-order valence-corrected chi connectivity index (χ0v) is 18.8. The van der Waals surface area contributed by atoms with E-state index in [4.69, 9.17) is 14.2 Å². The second-order valence-corrected chi connectivity index (χ2v) is 8.84. The van der Waals surface area contributed by atoms with Crippen molar-refractivity contribution >= 4 is 23.5 Å². The highest BCUT2D eigenvalue weighted by Crippen LogP contribution is 2.58. The summed E-state index contributed by atoms with van der Waals surface area (Å²) in [5.41, 5.74) is 2.94. The van der Waals surface area contributed by atoms with E-state index in [0.29, 0.717) is 5.56 Å². The molecule has 3 atom stereocenters. The molecule has 0 saturated heterocycles. The molecule has 162 valence electrons. The summed E-state index contributed by atoms with van der Waals surface area (Å²) >= 11 is 0. The molecule has 1 unspecified atom stereocenters. The summed E-state index contributed by atoms with van der Waals surface area (Å²) in [5.74, 6) is -1.46. The van der Waals surface area contributed by atoms with Crippen LogP contribution >= 0.6 is 0 Å². The number of carbonyl (C=O) groups excluding carboxylic acids is 3. The Morgan fingerprint density at radius 1 is 0.967 bits per heavy atom. The maximum absolute atomic E-state index is 12.8. The van der Waals surface area contributed by atoms with Gasteiger partial charge in [-0.25, -0.2) is 9.59 Å². The SMILES string of the molecule is COC(=O)c1cc2c(c(C)c1C(=O)OC)C(C)=CC1[C@@](C)(C(=O)OC)CCC[C@]21C. The van der Waals surface area contributed by atoms with Gasteiger partial charge in [-0.15, -0.1) is 0 Å². The average Bonchev–Trinajstić information content (AvgIpc) is 2.73. The summed E-state index contributed by atoms with van der Waals surface area (Å²) in [5, 5.41) is 0. The summed E-state index contributed by atoms with van der Waals surface area (Å²) in [7, 11) is 4.02. The predicted molar refractivity (Wildman–Crippen MR) is 112 cm³/mol. The highest BCUT2D eigenvalue weighted by Gasteiger charge is 2.55. The summed E-state index contributed by atoms with van der Waals surface area (Å²) in [6.45, 7) is 7.92. The molecule has 1 fully saturated rings. The second-order valence-electron chi connectivity index (χ2n) is 8.84. The molecule has 0 amide bonds. The zero-order chi connectivity index (χ0) is 22.4. The molecule has 6 nitrogen and oxygen atoms in total. The lowest BCUT2D eigenvalue weighted by Gasteiger charge is -2.52. The Morgan fingerprint density at radius 2 is 1.60 bits per heavy atom. The number of methoxy groups -OCH3 is 3. The van der Waals surface area contributed by atoms with Crippen molar-refractivity contribution in [3.8, 4) is 0 Å². The van der Waals surface area contributed by atoms with Gasteiger partial charge in [-0.05, 0) is 61.9 Å². The van der Waals surface area contributed by atoms with Gasteiger partial charge < -0.3 is 14.2 Å². The average molecular weight is 414 g/mol. The predicted octanol–water partition coefficient (Wildman–Crippen LogP) is 4.22. The van der Waals surface area contributed by atoms with Crippen LogP contribution in [0.2, 0.25) is 0 Å². The van der Waals surface area contributed by atoms with Crippen molar-refractivity contribution in [1.82, 2.24) is 0 Å². The van der Waals surface area contributed by atoms with Crippen LogP contribution in [0.4, 0.5) is 0 Å². The first kappa shape index (κ1) is 22.1. The van der Waals surface area contributed by atoms with E-state index in [0.717, 1.165) is 36.0 Å². The first-order valence-electron chi connectivity index (χ1n) is 10.2. The van der Waals surface area contributed by atoms with Crippen molar-refractivity contribution in [3.05, 3.63) is 40.0 Å². The van der Waals surface area contributed by atoms with Gasteiger partial charge in [0, 0.05) is 11.3 Å². The van der Waals surface area contributed by atoms with Gasteiger partial charge in [0.1, 0.15) is 0 Å². The molecule has 30 heavy (non-hydrogen) atoms. The first-order valence-corrected chi connectivity index (χ1v) is 10.2. The lowest BCUT2D eigenvalue weighted by molar-refractivity contribution is -0.158. The molecule has 1 aromatic rings. The number of ether oxygens (including phenoxy) is 3. The number of benzene rings is 1. The Hall–Kier alpha value is -2.63. The molecule has 0 radical (unpaired) electrons. The maximum atomic E-state index is 12.8. The monoisotopic (exact) mass is 414 g/mol. The number of hydrogen-bond donors (Lipinski definition) is 0. The van der Waals surface area contributed by atoms with E-state index < -0.39 is 22.8 Å². The molecule has 0 heterocycles. The van der Waals surface area contributed by atoms with Gasteiger partial charge in [0.15, 0.2) is 0 Å². The summed E-state index contributed by atoms with van der Waals surface area (Å²) < 4.78 is 15.1. The topological polar surface area (TPSA) is 78.9 Å². The Labute approximate surface area is 177 Å². The molecular weight excluding hydrogens is 384 g/mol. The Bertz CT molecular complexity index is 959. The fourth-order valence-electron chi connectivity index (χ4n) is 5.71. The van der Waals surface area contributed by atoms with Gasteiger partial charge in [0.05, 0.1) is 37.9 Å². The summed E-state index contributed by atoms with van der Waals surface area (Å²) in [4.78, 5) is 37.9. The van der Waals surface area contributed by atoms with Gasteiger partial charge >= 0.3 is 17.9 Å². The molecule has 2 aliphatic rings. The smallest absolute Gasteiger partial charge is 0.339 e.